The summed E-state index contributed by atoms with van der Waals surface area (Å²) in [6.07, 6.45) is 0. The lowest BCUT2D eigenvalue weighted by molar-refractivity contribution is 0.102. The zero-order chi connectivity index (χ0) is 14.9. The van der Waals surface area contributed by atoms with Crippen LogP contribution in [0.15, 0.2) is 30.3 Å². The smallest absolute Gasteiger partial charge is 0.179 e. The summed E-state index contributed by atoms with van der Waals surface area (Å²) in [6, 6.07) is 10.1. The first-order valence-electron chi connectivity index (χ1n) is 6.52. The van der Waals surface area contributed by atoms with E-state index in [9.17, 15) is 4.79 Å². The van der Waals surface area contributed by atoms with Crippen LogP contribution in [0.3, 0.4) is 0 Å². The SMILES string of the molecule is Cc1cc(C(=O)CCl)c(C)n1-c1ccccc1N(C)C. The molecule has 4 heteroatoms. The van der Waals surface area contributed by atoms with E-state index < -0.39 is 0 Å². The lowest BCUT2D eigenvalue weighted by Crippen LogP contribution is -2.13. The highest BCUT2D eigenvalue weighted by Crippen LogP contribution is 2.28. The summed E-state index contributed by atoms with van der Waals surface area (Å²) in [5, 5.41) is 0. The van der Waals surface area contributed by atoms with Crippen molar-refractivity contribution in [2.24, 2.45) is 0 Å². The Morgan fingerprint density at radius 3 is 2.50 bits per heavy atom. The van der Waals surface area contributed by atoms with Gasteiger partial charge >= 0.3 is 0 Å². The highest BCUT2D eigenvalue weighted by Gasteiger charge is 2.17. The minimum atomic E-state index is -0.0339. The van der Waals surface area contributed by atoms with Crippen LogP contribution in [0.5, 0.6) is 0 Å². The van der Waals surface area contributed by atoms with E-state index in [4.69, 9.17) is 11.6 Å². The minimum Gasteiger partial charge on any atom is -0.376 e. The number of aryl methyl sites for hydroxylation is 1. The molecule has 0 saturated carbocycles. The van der Waals surface area contributed by atoms with Crippen molar-refractivity contribution in [2.75, 3.05) is 24.9 Å². The molecule has 2 aromatic rings. The van der Waals surface area contributed by atoms with Gasteiger partial charge in [-0.15, -0.1) is 11.6 Å². The van der Waals surface area contributed by atoms with Gasteiger partial charge in [0.25, 0.3) is 0 Å². The van der Waals surface area contributed by atoms with E-state index in [0.29, 0.717) is 5.56 Å². The Hall–Kier alpha value is -1.74. The van der Waals surface area contributed by atoms with Gasteiger partial charge in [-0.2, -0.15) is 0 Å². The number of alkyl halides is 1. The van der Waals surface area contributed by atoms with Gasteiger partial charge in [0.15, 0.2) is 5.78 Å². The summed E-state index contributed by atoms with van der Waals surface area (Å²) in [4.78, 5) is 14.0. The Morgan fingerprint density at radius 2 is 1.90 bits per heavy atom. The van der Waals surface area contributed by atoms with Crippen molar-refractivity contribution in [1.82, 2.24) is 4.57 Å². The van der Waals surface area contributed by atoms with Crippen LogP contribution in [0.4, 0.5) is 5.69 Å². The molecule has 0 amide bonds. The van der Waals surface area contributed by atoms with Crippen molar-refractivity contribution in [3.63, 3.8) is 0 Å². The standard InChI is InChI=1S/C16H19ClN2O/c1-11-9-13(16(20)10-17)12(2)19(11)15-8-6-5-7-14(15)18(3)4/h5-9H,10H2,1-4H3. The number of ketones is 1. The van der Waals surface area contributed by atoms with Gasteiger partial charge in [-0.3, -0.25) is 4.79 Å². The van der Waals surface area contributed by atoms with Crippen molar-refractivity contribution in [2.45, 2.75) is 13.8 Å². The van der Waals surface area contributed by atoms with Crippen LogP contribution in [0.25, 0.3) is 5.69 Å². The van der Waals surface area contributed by atoms with Crippen molar-refractivity contribution in [3.05, 3.63) is 47.3 Å². The second-order valence-corrected chi connectivity index (χ2v) is 5.33. The molecule has 0 atom stereocenters. The van der Waals surface area contributed by atoms with E-state index in [0.717, 1.165) is 22.8 Å². The number of hydrogen-bond donors (Lipinski definition) is 0. The number of benzene rings is 1. The molecule has 106 valence electrons. The van der Waals surface area contributed by atoms with Crippen LogP contribution in [0, 0.1) is 13.8 Å². The second-order valence-electron chi connectivity index (χ2n) is 5.06. The number of halogens is 1. The first-order valence-corrected chi connectivity index (χ1v) is 7.05. The van der Waals surface area contributed by atoms with Gasteiger partial charge in [0.05, 0.1) is 17.3 Å². The zero-order valence-corrected chi connectivity index (χ0v) is 13.0. The highest BCUT2D eigenvalue weighted by atomic mass is 35.5. The first kappa shape index (κ1) is 14.7. The third-order valence-corrected chi connectivity index (χ3v) is 3.70. The number of Topliss-reactive ketones (excluding diaryl/α,β-unsaturated/α-hetero) is 1. The maximum atomic E-state index is 11.9. The third kappa shape index (κ3) is 2.46. The quantitative estimate of drug-likeness (QED) is 0.635. The number of carbonyl (C=O) groups excluding carboxylic acids is 1. The van der Waals surface area contributed by atoms with Gasteiger partial charge in [-0.1, -0.05) is 12.1 Å². The van der Waals surface area contributed by atoms with Crippen molar-refractivity contribution in [3.8, 4) is 5.69 Å². The molecule has 1 heterocycles. The molecule has 0 saturated heterocycles. The number of carbonyl (C=O) groups is 1. The average Bonchev–Trinajstić information content (AvgIpc) is 2.73. The average molecular weight is 291 g/mol. The monoisotopic (exact) mass is 290 g/mol. The number of hydrogen-bond acceptors (Lipinski definition) is 2. The predicted octanol–water partition coefficient (Wildman–Crippen LogP) is 3.58. The fourth-order valence-corrected chi connectivity index (χ4v) is 2.66. The number of aromatic nitrogens is 1. The second kappa shape index (κ2) is 5.71. The predicted molar refractivity (Wildman–Crippen MR) is 84.6 cm³/mol. The molecule has 0 unspecified atom stereocenters. The van der Waals surface area contributed by atoms with Gasteiger partial charge in [0.1, 0.15) is 0 Å². The van der Waals surface area contributed by atoms with Gasteiger partial charge in [0.2, 0.25) is 0 Å². The topological polar surface area (TPSA) is 25.2 Å². The van der Waals surface area contributed by atoms with Crippen LogP contribution in [0.1, 0.15) is 21.7 Å². The Kier molecular flexibility index (Phi) is 4.19. The molecule has 20 heavy (non-hydrogen) atoms. The van der Waals surface area contributed by atoms with Gasteiger partial charge in [-0.05, 0) is 32.0 Å². The summed E-state index contributed by atoms with van der Waals surface area (Å²) in [5.74, 6) is -0.0204. The maximum Gasteiger partial charge on any atom is 0.179 e. The largest absolute Gasteiger partial charge is 0.376 e. The van der Waals surface area contributed by atoms with E-state index in [-0.39, 0.29) is 11.7 Å². The van der Waals surface area contributed by atoms with E-state index >= 15 is 0 Å². The molecule has 2 rings (SSSR count). The molecule has 0 radical (unpaired) electrons. The van der Waals surface area contributed by atoms with Crippen LogP contribution in [-0.2, 0) is 0 Å². The number of rotatable bonds is 4. The Labute approximate surface area is 124 Å². The van der Waals surface area contributed by atoms with Crippen molar-refractivity contribution >= 4 is 23.1 Å². The van der Waals surface area contributed by atoms with Crippen LogP contribution < -0.4 is 4.90 Å². The third-order valence-electron chi connectivity index (χ3n) is 3.46. The molecule has 0 aliphatic rings. The van der Waals surface area contributed by atoms with E-state index in [1.807, 2.05) is 46.1 Å². The van der Waals surface area contributed by atoms with E-state index in [2.05, 4.69) is 21.6 Å². The summed E-state index contributed by atoms with van der Waals surface area (Å²) in [7, 11) is 4.02. The van der Waals surface area contributed by atoms with E-state index in [1.54, 1.807) is 0 Å². The summed E-state index contributed by atoms with van der Waals surface area (Å²) in [6.45, 7) is 3.96. The molecule has 0 spiro atoms. The molecular weight excluding hydrogens is 272 g/mol. The fourth-order valence-electron chi connectivity index (χ4n) is 2.52. The van der Waals surface area contributed by atoms with Crippen LogP contribution in [0.2, 0.25) is 0 Å². The Morgan fingerprint density at radius 1 is 1.25 bits per heavy atom. The minimum absolute atomic E-state index is 0.0135. The lowest BCUT2D eigenvalue weighted by atomic mass is 10.2. The summed E-state index contributed by atoms with van der Waals surface area (Å²) >= 11 is 5.68. The summed E-state index contributed by atoms with van der Waals surface area (Å²) in [5.41, 5.74) is 4.85. The van der Waals surface area contributed by atoms with Gasteiger partial charge in [0, 0.05) is 31.0 Å². The van der Waals surface area contributed by atoms with Gasteiger partial charge in [-0.25, -0.2) is 0 Å². The number of para-hydroxylation sites is 2. The molecule has 0 bridgehead atoms. The molecule has 0 N–H and O–H groups in total. The van der Waals surface area contributed by atoms with Crippen LogP contribution >= 0.6 is 11.6 Å². The first-order chi connectivity index (χ1) is 9.47. The molecule has 0 fully saturated rings. The molecule has 1 aromatic carbocycles. The maximum absolute atomic E-state index is 11.9. The zero-order valence-electron chi connectivity index (χ0n) is 12.3. The highest BCUT2D eigenvalue weighted by molar-refractivity contribution is 6.30. The molecule has 1 aromatic heterocycles. The number of nitrogens with zero attached hydrogens (tertiary/aromatic N) is 2. The Bertz CT molecular complexity index is 644. The summed E-state index contributed by atoms with van der Waals surface area (Å²) < 4.78 is 2.11. The number of anilines is 1. The van der Waals surface area contributed by atoms with Crippen LogP contribution in [-0.4, -0.2) is 30.3 Å². The van der Waals surface area contributed by atoms with E-state index in [1.165, 1.54) is 0 Å². The van der Waals surface area contributed by atoms with Gasteiger partial charge < -0.3 is 9.47 Å². The van der Waals surface area contributed by atoms with Crippen molar-refractivity contribution in [1.29, 1.82) is 0 Å². The molecule has 0 aliphatic heterocycles. The Balaban J connectivity index is 2.65. The molecular formula is C16H19ClN2O. The molecule has 0 aliphatic carbocycles. The fraction of sp³-hybridized carbons (Fsp3) is 0.312. The normalized spacial score (nSPS) is 10.7. The van der Waals surface area contributed by atoms with Crippen molar-refractivity contribution < 1.29 is 4.79 Å². The molecule has 3 nitrogen and oxygen atoms in total. The lowest BCUT2D eigenvalue weighted by Gasteiger charge is -2.20.